The summed E-state index contributed by atoms with van der Waals surface area (Å²) in [5.41, 5.74) is 0.932. The minimum Gasteiger partial charge on any atom is -0.298 e. The van der Waals surface area contributed by atoms with Gasteiger partial charge in [-0.3, -0.25) is 4.79 Å². The van der Waals surface area contributed by atoms with Crippen LogP contribution in [-0.2, 0) is 11.2 Å². The number of hydrogen-bond donors (Lipinski definition) is 0. The van der Waals surface area contributed by atoms with Crippen molar-refractivity contribution in [2.24, 2.45) is 0 Å². The lowest BCUT2D eigenvalue weighted by atomic mass is 10.1. The number of Topliss-reactive ketones (excluding diaryl/α,β-unsaturated/α-hetero) is 1. The van der Waals surface area contributed by atoms with Gasteiger partial charge in [0.2, 0.25) is 0 Å². The summed E-state index contributed by atoms with van der Waals surface area (Å²) in [5, 5.41) is 0.686. The molecule has 0 N–H and O–H groups in total. The molecule has 3 heteroatoms. The second-order valence-corrected chi connectivity index (χ2v) is 4.87. The number of thioether (sulfide) groups is 1. The van der Waals surface area contributed by atoms with Crippen LogP contribution >= 0.6 is 23.4 Å². The smallest absolute Gasteiger partial charge is 0.147 e. The molecule has 0 spiro atoms. The monoisotopic (exact) mass is 242 g/mol. The van der Waals surface area contributed by atoms with Gasteiger partial charge in [-0.1, -0.05) is 36.7 Å². The van der Waals surface area contributed by atoms with Gasteiger partial charge < -0.3 is 0 Å². The third kappa shape index (κ3) is 4.72. The molecule has 0 saturated heterocycles. The summed E-state index contributed by atoms with van der Waals surface area (Å²) in [6.45, 7) is 2.12. The van der Waals surface area contributed by atoms with Crippen molar-refractivity contribution in [1.29, 1.82) is 0 Å². The molecule has 0 saturated carbocycles. The first-order valence-electron chi connectivity index (χ1n) is 5.07. The summed E-state index contributed by atoms with van der Waals surface area (Å²) in [6, 6.07) is 7.52. The van der Waals surface area contributed by atoms with Gasteiger partial charge in [0.05, 0.1) is 5.75 Å². The van der Waals surface area contributed by atoms with E-state index >= 15 is 0 Å². The fourth-order valence-electron chi connectivity index (χ4n) is 1.24. The molecule has 0 radical (unpaired) electrons. The Morgan fingerprint density at radius 3 is 2.80 bits per heavy atom. The average Bonchev–Trinajstić information content (AvgIpc) is 2.22. The molecule has 1 nitrogen and oxygen atoms in total. The minimum atomic E-state index is 0.251. The van der Waals surface area contributed by atoms with E-state index in [1.165, 1.54) is 0 Å². The Morgan fingerprint density at radius 1 is 1.40 bits per heavy atom. The quantitative estimate of drug-likeness (QED) is 0.709. The van der Waals surface area contributed by atoms with E-state index < -0.39 is 0 Å². The SMILES string of the molecule is CCCSCC(=O)Cc1ccccc1Cl. The van der Waals surface area contributed by atoms with Crippen LogP contribution in [0, 0.1) is 0 Å². The standard InChI is InChI=1S/C12H15ClOS/c1-2-7-15-9-11(14)8-10-5-3-4-6-12(10)13/h3-6H,2,7-9H2,1H3. The molecule has 0 bridgehead atoms. The molecule has 1 aromatic carbocycles. The normalized spacial score (nSPS) is 10.3. The number of ketones is 1. The zero-order chi connectivity index (χ0) is 11.1. The molecule has 0 amide bonds. The lowest BCUT2D eigenvalue weighted by molar-refractivity contribution is -0.116. The fraction of sp³-hybridized carbons (Fsp3) is 0.417. The summed E-state index contributed by atoms with van der Waals surface area (Å²) in [6.07, 6.45) is 1.57. The van der Waals surface area contributed by atoms with E-state index in [4.69, 9.17) is 11.6 Å². The fourth-order valence-corrected chi connectivity index (χ4v) is 2.20. The van der Waals surface area contributed by atoms with Crippen molar-refractivity contribution in [3.05, 3.63) is 34.9 Å². The highest BCUT2D eigenvalue weighted by Crippen LogP contribution is 2.16. The Kier molecular flexibility index (Phi) is 5.81. The van der Waals surface area contributed by atoms with E-state index in [9.17, 15) is 4.79 Å². The Morgan fingerprint density at radius 2 is 2.13 bits per heavy atom. The summed E-state index contributed by atoms with van der Waals surface area (Å²) in [5.74, 6) is 1.90. The number of rotatable bonds is 6. The highest BCUT2D eigenvalue weighted by atomic mass is 35.5. The Hall–Kier alpha value is -0.470. The molecule has 0 heterocycles. The van der Waals surface area contributed by atoms with Gasteiger partial charge in [0.25, 0.3) is 0 Å². The number of hydrogen-bond acceptors (Lipinski definition) is 2. The highest BCUT2D eigenvalue weighted by molar-refractivity contribution is 7.99. The van der Waals surface area contributed by atoms with E-state index in [0.717, 1.165) is 17.7 Å². The van der Waals surface area contributed by atoms with Gasteiger partial charge in [0.15, 0.2) is 0 Å². The average molecular weight is 243 g/mol. The highest BCUT2D eigenvalue weighted by Gasteiger charge is 2.06. The molecule has 82 valence electrons. The molecule has 1 aromatic rings. The number of carbonyl (C=O) groups excluding carboxylic acids is 1. The van der Waals surface area contributed by atoms with Crippen LogP contribution < -0.4 is 0 Å². The van der Waals surface area contributed by atoms with E-state index in [1.54, 1.807) is 11.8 Å². The lowest BCUT2D eigenvalue weighted by Crippen LogP contribution is -2.06. The number of benzene rings is 1. The zero-order valence-electron chi connectivity index (χ0n) is 8.83. The van der Waals surface area contributed by atoms with Gasteiger partial charge in [-0.2, -0.15) is 11.8 Å². The predicted octanol–water partition coefficient (Wildman–Crippen LogP) is 3.59. The molecule has 0 aliphatic heterocycles. The van der Waals surface area contributed by atoms with Crippen LogP contribution in [0.5, 0.6) is 0 Å². The van der Waals surface area contributed by atoms with Gasteiger partial charge in [-0.25, -0.2) is 0 Å². The van der Waals surface area contributed by atoms with Crippen molar-refractivity contribution in [3.8, 4) is 0 Å². The third-order valence-electron chi connectivity index (χ3n) is 1.96. The van der Waals surface area contributed by atoms with Gasteiger partial charge in [0.1, 0.15) is 5.78 Å². The van der Waals surface area contributed by atoms with Gasteiger partial charge in [-0.05, 0) is 23.8 Å². The molecule has 0 aliphatic rings. The molecular formula is C12H15ClOS. The summed E-state index contributed by atoms with van der Waals surface area (Å²) < 4.78 is 0. The maximum atomic E-state index is 11.6. The molecule has 0 fully saturated rings. The zero-order valence-corrected chi connectivity index (χ0v) is 10.4. The van der Waals surface area contributed by atoms with Gasteiger partial charge in [-0.15, -0.1) is 0 Å². The van der Waals surface area contributed by atoms with Crippen LogP contribution in [-0.4, -0.2) is 17.3 Å². The van der Waals surface area contributed by atoms with Crippen molar-refractivity contribution in [2.45, 2.75) is 19.8 Å². The Bertz CT molecular complexity index is 325. The van der Waals surface area contributed by atoms with E-state index in [0.29, 0.717) is 17.2 Å². The maximum absolute atomic E-state index is 11.6. The topological polar surface area (TPSA) is 17.1 Å². The Balaban J connectivity index is 2.41. The van der Waals surface area contributed by atoms with Crippen LogP contribution in [0.3, 0.4) is 0 Å². The van der Waals surface area contributed by atoms with Gasteiger partial charge >= 0.3 is 0 Å². The minimum absolute atomic E-state index is 0.251. The van der Waals surface area contributed by atoms with Crippen molar-refractivity contribution >= 4 is 29.1 Å². The second kappa shape index (κ2) is 6.91. The summed E-state index contributed by atoms with van der Waals surface area (Å²) in [4.78, 5) is 11.6. The van der Waals surface area contributed by atoms with Crippen LogP contribution in [0.4, 0.5) is 0 Å². The molecular weight excluding hydrogens is 228 g/mol. The van der Waals surface area contributed by atoms with Gasteiger partial charge in [0, 0.05) is 11.4 Å². The van der Waals surface area contributed by atoms with E-state index in [2.05, 4.69) is 6.92 Å². The molecule has 1 rings (SSSR count). The number of carbonyl (C=O) groups is 1. The first-order valence-corrected chi connectivity index (χ1v) is 6.60. The van der Waals surface area contributed by atoms with Crippen LogP contribution in [0.2, 0.25) is 5.02 Å². The predicted molar refractivity (Wildman–Crippen MR) is 67.8 cm³/mol. The van der Waals surface area contributed by atoms with Crippen molar-refractivity contribution < 1.29 is 4.79 Å². The molecule has 0 unspecified atom stereocenters. The first-order chi connectivity index (χ1) is 7.24. The largest absolute Gasteiger partial charge is 0.298 e. The molecule has 0 aliphatic carbocycles. The van der Waals surface area contributed by atoms with Crippen LogP contribution in [0.1, 0.15) is 18.9 Å². The summed E-state index contributed by atoms with van der Waals surface area (Å²) in [7, 11) is 0. The second-order valence-electron chi connectivity index (χ2n) is 3.36. The van der Waals surface area contributed by atoms with Crippen molar-refractivity contribution in [2.75, 3.05) is 11.5 Å². The van der Waals surface area contributed by atoms with E-state index in [1.807, 2.05) is 24.3 Å². The number of halogens is 1. The van der Waals surface area contributed by atoms with Crippen LogP contribution in [0.15, 0.2) is 24.3 Å². The van der Waals surface area contributed by atoms with Crippen molar-refractivity contribution in [1.82, 2.24) is 0 Å². The first kappa shape index (κ1) is 12.6. The molecule has 0 aromatic heterocycles. The molecule has 15 heavy (non-hydrogen) atoms. The molecule has 0 atom stereocenters. The van der Waals surface area contributed by atoms with Crippen LogP contribution in [0.25, 0.3) is 0 Å². The van der Waals surface area contributed by atoms with Crippen molar-refractivity contribution in [3.63, 3.8) is 0 Å². The summed E-state index contributed by atoms with van der Waals surface area (Å²) >= 11 is 7.66. The maximum Gasteiger partial charge on any atom is 0.147 e. The Labute approximate surface area is 100 Å². The lowest BCUT2D eigenvalue weighted by Gasteiger charge is -2.02. The third-order valence-corrected chi connectivity index (χ3v) is 3.55. The van der Waals surface area contributed by atoms with E-state index in [-0.39, 0.29) is 5.78 Å².